The van der Waals surface area contributed by atoms with Gasteiger partial charge in [-0.05, 0) is 6.42 Å². The highest BCUT2D eigenvalue weighted by Crippen LogP contribution is 2.00. The molecule has 5 nitrogen and oxygen atoms in total. The molecule has 0 radical (unpaired) electrons. The maximum absolute atomic E-state index is 11.2. The number of carboxylic acid groups (broad SMARTS) is 1. The number of carbonyl (C=O) groups excluding carboxylic acids is 1. The Hall–Kier alpha value is -1.10. The topological polar surface area (TPSA) is 92.4 Å². The van der Waals surface area contributed by atoms with Crippen molar-refractivity contribution in [1.29, 1.82) is 0 Å². The lowest BCUT2D eigenvalue weighted by atomic mass is 10.1. The van der Waals surface area contributed by atoms with Crippen LogP contribution in [0.5, 0.6) is 0 Å². The Morgan fingerprint density at radius 3 is 2.36 bits per heavy atom. The van der Waals surface area contributed by atoms with Crippen molar-refractivity contribution in [1.82, 2.24) is 5.32 Å². The van der Waals surface area contributed by atoms with E-state index >= 15 is 0 Å². The summed E-state index contributed by atoms with van der Waals surface area (Å²) < 4.78 is 0. The lowest BCUT2D eigenvalue weighted by Gasteiger charge is -2.10. The van der Waals surface area contributed by atoms with E-state index in [2.05, 4.69) is 5.32 Å². The molecule has 0 heterocycles. The van der Waals surface area contributed by atoms with Gasteiger partial charge in [-0.25, -0.2) is 0 Å². The van der Waals surface area contributed by atoms with E-state index in [9.17, 15) is 9.59 Å². The fourth-order valence-electron chi connectivity index (χ4n) is 0.817. The standard InChI is InChI=1S/C9H18N2O3/c1-6(9(13)14)3-4-11-8(12)7(2)5-10/h6-7H,3-5,10H2,1-2H3,(H,11,12)(H,13,14). The van der Waals surface area contributed by atoms with E-state index in [0.717, 1.165) is 0 Å². The molecular formula is C9H18N2O3. The molecule has 0 bridgehead atoms. The SMILES string of the molecule is CC(CCNC(=O)C(C)CN)C(=O)O. The van der Waals surface area contributed by atoms with E-state index in [-0.39, 0.29) is 11.8 Å². The van der Waals surface area contributed by atoms with Gasteiger partial charge in [-0.15, -0.1) is 0 Å². The summed E-state index contributed by atoms with van der Waals surface area (Å²) in [5, 5.41) is 11.2. The Bertz CT molecular complexity index is 206. The van der Waals surface area contributed by atoms with Gasteiger partial charge in [-0.3, -0.25) is 9.59 Å². The first-order valence-electron chi connectivity index (χ1n) is 4.69. The molecule has 0 fully saturated rings. The van der Waals surface area contributed by atoms with E-state index in [4.69, 9.17) is 10.8 Å². The number of hydrogen-bond acceptors (Lipinski definition) is 3. The summed E-state index contributed by atoms with van der Waals surface area (Å²) in [5.41, 5.74) is 5.30. The first kappa shape index (κ1) is 12.9. The van der Waals surface area contributed by atoms with Gasteiger partial charge in [0.25, 0.3) is 0 Å². The summed E-state index contributed by atoms with van der Waals surface area (Å²) in [4.78, 5) is 21.6. The number of nitrogens with two attached hydrogens (primary N) is 1. The maximum Gasteiger partial charge on any atom is 0.306 e. The van der Waals surface area contributed by atoms with Crippen molar-refractivity contribution in [2.24, 2.45) is 17.6 Å². The Morgan fingerprint density at radius 1 is 1.36 bits per heavy atom. The zero-order valence-corrected chi connectivity index (χ0v) is 8.62. The normalized spacial score (nSPS) is 14.5. The molecule has 2 unspecified atom stereocenters. The highest BCUT2D eigenvalue weighted by Gasteiger charge is 2.13. The Balaban J connectivity index is 3.64. The minimum Gasteiger partial charge on any atom is -0.481 e. The zero-order chi connectivity index (χ0) is 11.1. The summed E-state index contributed by atoms with van der Waals surface area (Å²) in [6.45, 7) is 4.04. The third-order valence-electron chi connectivity index (χ3n) is 2.10. The van der Waals surface area contributed by atoms with Crippen LogP contribution < -0.4 is 11.1 Å². The van der Waals surface area contributed by atoms with Crippen LogP contribution in [-0.4, -0.2) is 30.1 Å². The molecule has 0 saturated heterocycles. The van der Waals surface area contributed by atoms with Gasteiger partial charge in [0.1, 0.15) is 0 Å². The molecule has 14 heavy (non-hydrogen) atoms. The van der Waals surface area contributed by atoms with Gasteiger partial charge in [-0.1, -0.05) is 13.8 Å². The second-order valence-electron chi connectivity index (χ2n) is 3.46. The molecule has 2 atom stereocenters. The van der Waals surface area contributed by atoms with Crippen LogP contribution in [0.3, 0.4) is 0 Å². The average Bonchev–Trinajstić information content (AvgIpc) is 2.15. The van der Waals surface area contributed by atoms with Crippen LogP contribution in [0, 0.1) is 11.8 Å². The van der Waals surface area contributed by atoms with Gasteiger partial charge in [0.05, 0.1) is 5.92 Å². The number of rotatable bonds is 6. The maximum atomic E-state index is 11.2. The number of hydrogen-bond donors (Lipinski definition) is 3. The molecule has 0 aliphatic rings. The van der Waals surface area contributed by atoms with Gasteiger partial charge < -0.3 is 16.2 Å². The quantitative estimate of drug-likeness (QED) is 0.556. The molecule has 0 aromatic carbocycles. The highest BCUT2D eigenvalue weighted by molar-refractivity contribution is 5.78. The Kier molecular flexibility index (Phi) is 5.87. The van der Waals surface area contributed by atoms with Crippen LogP contribution in [0.4, 0.5) is 0 Å². The highest BCUT2D eigenvalue weighted by atomic mass is 16.4. The summed E-state index contributed by atoms with van der Waals surface area (Å²) in [6, 6.07) is 0. The van der Waals surface area contributed by atoms with Gasteiger partial charge in [-0.2, -0.15) is 0 Å². The monoisotopic (exact) mass is 202 g/mol. The fraction of sp³-hybridized carbons (Fsp3) is 0.778. The molecule has 82 valence electrons. The van der Waals surface area contributed by atoms with Gasteiger partial charge in [0.15, 0.2) is 0 Å². The summed E-state index contributed by atoms with van der Waals surface area (Å²) >= 11 is 0. The Labute approximate surface area is 83.7 Å². The van der Waals surface area contributed by atoms with Crippen LogP contribution in [0.25, 0.3) is 0 Å². The van der Waals surface area contributed by atoms with Crippen LogP contribution in [-0.2, 0) is 9.59 Å². The van der Waals surface area contributed by atoms with E-state index < -0.39 is 11.9 Å². The van der Waals surface area contributed by atoms with Crippen LogP contribution in [0.2, 0.25) is 0 Å². The third-order valence-corrected chi connectivity index (χ3v) is 2.10. The van der Waals surface area contributed by atoms with Gasteiger partial charge in [0.2, 0.25) is 5.91 Å². The first-order valence-corrected chi connectivity index (χ1v) is 4.69. The predicted octanol–water partition coefficient (Wildman–Crippen LogP) is -0.192. The average molecular weight is 202 g/mol. The van der Waals surface area contributed by atoms with Gasteiger partial charge >= 0.3 is 5.97 Å². The minimum absolute atomic E-state index is 0.120. The van der Waals surface area contributed by atoms with E-state index in [0.29, 0.717) is 19.5 Å². The number of carboxylic acids is 1. The minimum atomic E-state index is -0.842. The Morgan fingerprint density at radius 2 is 1.93 bits per heavy atom. The molecule has 0 spiro atoms. The summed E-state index contributed by atoms with van der Waals surface area (Å²) in [5.74, 6) is -1.60. The van der Waals surface area contributed by atoms with Crippen molar-refractivity contribution in [2.75, 3.05) is 13.1 Å². The largest absolute Gasteiger partial charge is 0.481 e. The van der Waals surface area contributed by atoms with E-state index in [1.807, 2.05) is 0 Å². The van der Waals surface area contributed by atoms with Crippen molar-refractivity contribution in [2.45, 2.75) is 20.3 Å². The number of nitrogens with one attached hydrogen (secondary N) is 1. The molecule has 1 amide bonds. The second kappa shape index (κ2) is 6.37. The van der Waals surface area contributed by atoms with Crippen LogP contribution in [0.15, 0.2) is 0 Å². The molecule has 0 aliphatic carbocycles. The van der Waals surface area contributed by atoms with Gasteiger partial charge in [0, 0.05) is 19.0 Å². The van der Waals surface area contributed by atoms with Crippen LogP contribution >= 0.6 is 0 Å². The predicted molar refractivity (Wildman–Crippen MR) is 52.6 cm³/mol. The van der Waals surface area contributed by atoms with Crippen molar-refractivity contribution in [3.05, 3.63) is 0 Å². The molecule has 0 saturated carbocycles. The lowest BCUT2D eigenvalue weighted by molar-refractivity contribution is -0.141. The molecule has 0 aliphatic heterocycles. The van der Waals surface area contributed by atoms with Crippen molar-refractivity contribution in [3.8, 4) is 0 Å². The molecule has 4 N–H and O–H groups in total. The molecule has 0 rings (SSSR count). The second-order valence-corrected chi connectivity index (χ2v) is 3.46. The third kappa shape index (κ3) is 4.81. The number of aliphatic carboxylic acids is 1. The first-order chi connectivity index (χ1) is 6.49. The van der Waals surface area contributed by atoms with Crippen molar-refractivity contribution in [3.63, 3.8) is 0 Å². The fourth-order valence-corrected chi connectivity index (χ4v) is 0.817. The van der Waals surface area contributed by atoms with Crippen molar-refractivity contribution >= 4 is 11.9 Å². The summed E-state index contributed by atoms with van der Waals surface area (Å²) in [7, 11) is 0. The molecule has 0 aromatic rings. The lowest BCUT2D eigenvalue weighted by Crippen LogP contribution is -2.34. The van der Waals surface area contributed by atoms with E-state index in [1.54, 1.807) is 13.8 Å². The molecule has 5 heteroatoms. The molecule has 0 aromatic heterocycles. The number of carbonyl (C=O) groups is 2. The van der Waals surface area contributed by atoms with Crippen LogP contribution in [0.1, 0.15) is 20.3 Å². The zero-order valence-electron chi connectivity index (χ0n) is 8.62. The number of amides is 1. The smallest absolute Gasteiger partial charge is 0.306 e. The van der Waals surface area contributed by atoms with E-state index in [1.165, 1.54) is 0 Å². The summed E-state index contributed by atoms with van der Waals surface area (Å²) in [6.07, 6.45) is 0.443. The van der Waals surface area contributed by atoms with Crippen molar-refractivity contribution < 1.29 is 14.7 Å². The molecular weight excluding hydrogens is 184 g/mol.